The number of ether oxygens (including phenoxy) is 1. The van der Waals surface area contributed by atoms with E-state index >= 15 is 0 Å². The van der Waals surface area contributed by atoms with Crippen molar-refractivity contribution in [2.45, 2.75) is 37.9 Å². The molecule has 0 bridgehead atoms. The molecule has 1 saturated carbocycles. The minimum absolute atomic E-state index is 0.0114. The second-order valence-corrected chi connectivity index (χ2v) is 7.26. The molecule has 3 rings (SSSR count). The molecular weight excluding hydrogens is 380 g/mol. The number of carbonyl (C=O) groups excluding carboxylic acids is 1. The molecule has 0 radical (unpaired) electrons. The van der Waals surface area contributed by atoms with E-state index in [1.54, 1.807) is 7.11 Å². The first-order valence-corrected chi connectivity index (χ1v) is 9.32. The Balaban J connectivity index is 1.78. The quantitative estimate of drug-likeness (QED) is 0.731. The Hall–Kier alpha value is -1.85. The van der Waals surface area contributed by atoms with E-state index in [4.69, 9.17) is 4.74 Å². The second kappa shape index (κ2) is 8.02. The molecule has 0 heterocycles. The smallest absolute Gasteiger partial charge is 0.241 e. The van der Waals surface area contributed by atoms with Crippen LogP contribution in [0.4, 0.5) is 0 Å². The fourth-order valence-corrected chi connectivity index (χ4v) is 3.34. The summed E-state index contributed by atoms with van der Waals surface area (Å²) in [5, 5.41) is 6.58. The van der Waals surface area contributed by atoms with Crippen LogP contribution in [0.2, 0.25) is 0 Å². The molecule has 0 aliphatic heterocycles. The number of hydrogen-bond donors (Lipinski definition) is 2. The number of benzene rings is 2. The fourth-order valence-electron chi connectivity index (χ4n) is 2.78. The fraction of sp³-hybridized carbons (Fsp3) is 0.350. The maximum atomic E-state index is 12.7. The van der Waals surface area contributed by atoms with Crippen LogP contribution in [0.5, 0.6) is 5.75 Å². The van der Waals surface area contributed by atoms with Gasteiger partial charge in [0.05, 0.1) is 11.6 Å². The number of halogens is 1. The maximum Gasteiger partial charge on any atom is 0.241 e. The van der Waals surface area contributed by atoms with Crippen molar-refractivity contribution in [1.82, 2.24) is 10.6 Å². The van der Waals surface area contributed by atoms with E-state index in [1.807, 2.05) is 48.5 Å². The van der Waals surface area contributed by atoms with E-state index in [-0.39, 0.29) is 18.0 Å². The molecular formula is C20H23BrN2O2. The van der Waals surface area contributed by atoms with Crippen molar-refractivity contribution >= 4 is 21.8 Å². The van der Waals surface area contributed by atoms with Crippen LogP contribution in [0.3, 0.4) is 0 Å². The van der Waals surface area contributed by atoms with Gasteiger partial charge in [0, 0.05) is 12.1 Å². The van der Waals surface area contributed by atoms with Gasteiger partial charge in [-0.25, -0.2) is 0 Å². The highest BCUT2D eigenvalue weighted by Crippen LogP contribution is 2.29. The van der Waals surface area contributed by atoms with Gasteiger partial charge in [-0.05, 0) is 59.0 Å². The van der Waals surface area contributed by atoms with Crippen molar-refractivity contribution in [2.24, 2.45) is 0 Å². The Labute approximate surface area is 157 Å². The molecule has 1 aliphatic carbocycles. The molecule has 2 N–H and O–H groups in total. The summed E-state index contributed by atoms with van der Waals surface area (Å²) in [4.78, 5) is 12.7. The van der Waals surface area contributed by atoms with Crippen LogP contribution in [0.15, 0.2) is 53.0 Å². The van der Waals surface area contributed by atoms with Crippen LogP contribution in [0.25, 0.3) is 0 Å². The highest BCUT2D eigenvalue weighted by molar-refractivity contribution is 9.10. The molecule has 1 amide bonds. The summed E-state index contributed by atoms with van der Waals surface area (Å²) in [5.74, 6) is 0.829. The lowest BCUT2D eigenvalue weighted by molar-refractivity contribution is -0.123. The van der Waals surface area contributed by atoms with Crippen LogP contribution in [0.1, 0.15) is 43.0 Å². The minimum Gasteiger partial charge on any atom is -0.496 e. The molecule has 1 fully saturated rings. The first kappa shape index (κ1) is 18.0. The van der Waals surface area contributed by atoms with Crippen molar-refractivity contribution in [2.75, 3.05) is 7.11 Å². The topological polar surface area (TPSA) is 50.4 Å². The summed E-state index contributed by atoms with van der Waals surface area (Å²) < 4.78 is 6.19. The SMILES string of the molecule is COc1ccc([C@H](C)N[C@H](C(=O)NC2CC2)c2ccccc2)cc1Br. The number of methoxy groups -OCH3 is 1. The maximum absolute atomic E-state index is 12.7. The van der Waals surface area contributed by atoms with Crippen LogP contribution in [-0.2, 0) is 4.79 Å². The Morgan fingerprint density at radius 1 is 1.16 bits per heavy atom. The van der Waals surface area contributed by atoms with Gasteiger partial charge in [-0.15, -0.1) is 0 Å². The Morgan fingerprint density at radius 3 is 2.48 bits per heavy atom. The number of rotatable bonds is 7. The molecule has 132 valence electrons. The van der Waals surface area contributed by atoms with Gasteiger partial charge in [0.1, 0.15) is 11.8 Å². The summed E-state index contributed by atoms with van der Waals surface area (Å²) in [7, 11) is 1.65. The molecule has 0 aromatic heterocycles. The predicted octanol–water partition coefficient (Wildman–Crippen LogP) is 4.13. The largest absolute Gasteiger partial charge is 0.496 e. The highest BCUT2D eigenvalue weighted by atomic mass is 79.9. The molecule has 0 spiro atoms. The molecule has 0 unspecified atom stereocenters. The molecule has 2 atom stereocenters. The summed E-state index contributed by atoms with van der Waals surface area (Å²) in [6, 6.07) is 15.8. The average Bonchev–Trinajstić information content (AvgIpc) is 3.44. The Kier molecular flexibility index (Phi) is 5.76. The van der Waals surface area contributed by atoms with Gasteiger partial charge < -0.3 is 10.1 Å². The number of nitrogens with one attached hydrogen (secondary N) is 2. The number of carbonyl (C=O) groups is 1. The zero-order valence-electron chi connectivity index (χ0n) is 14.5. The number of hydrogen-bond acceptors (Lipinski definition) is 3. The van der Waals surface area contributed by atoms with Gasteiger partial charge >= 0.3 is 0 Å². The highest BCUT2D eigenvalue weighted by Gasteiger charge is 2.29. The normalized spacial score (nSPS) is 16.1. The van der Waals surface area contributed by atoms with Gasteiger partial charge in [-0.3, -0.25) is 10.1 Å². The second-order valence-electron chi connectivity index (χ2n) is 6.41. The Morgan fingerprint density at radius 2 is 1.88 bits per heavy atom. The molecule has 2 aromatic rings. The Bertz CT molecular complexity index is 732. The van der Waals surface area contributed by atoms with E-state index in [0.29, 0.717) is 6.04 Å². The monoisotopic (exact) mass is 402 g/mol. The zero-order valence-corrected chi connectivity index (χ0v) is 16.0. The van der Waals surface area contributed by atoms with E-state index in [2.05, 4.69) is 33.5 Å². The standard InChI is InChI=1S/C20H23BrN2O2/c1-13(15-8-11-18(25-2)17(21)12-15)22-19(14-6-4-3-5-7-14)20(24)23-16-9-10-16/h3-8,11-13,16,19,22H,9-10H2,1-2H3,(H,23,24)/t13-,19-/m0/s1. The van der Waals surface area contributed by atoms with Gasteiger partial charge in [0.2, 0.25) is 5.91 Å². The lowest BCUT2D eigenvalue weighted by Gasteiger charge is -2.24. The van der Waals surface area contributed by atoms with E-state index in [1.165, 1.54) is 0 Å². The molecule has 25 heavy (non-hydrogen) atoms. The van der Waals surface area contributed by atoms with E-state index in [0.717, 1.165) is 34.2 Å². The van der Waals surface area contributed by atoms with Gasteiger partial charge in [0.25, 0.3) is 0 Å². The van der Waals surface area contributed by atoms with E-state index in [9.17, 15) is 4.79 Å². The first-order valence-electron chi connectivity index (χ1n) is 8.53. The van der Waals surface area contributed by atoms with Crippen molar-refractivity contribution < 1.29 is 9.53 Å². The van der Waals surface area contributed by atoms with Crippen LogP contribution >= 0.6 is 15.9 Å². The van der Waals surface area contributed by atoms with Crippen molar-refractivity contribution in [3.8, 4) is 5.75 Å². The van der Waals surface area contributed by atoms with Crippen molar-refractivity contribution in [3.05, 3.63) is 64.1 Å². The molecule has 5 heteroatoms. The van der Waals surface area contributed by atoms with Crippen molar-refractivity contribution in [1.29, 1.82) is 0 Å². The average molecular weight is 403 g/mol. The third kappa shape index (κ3) is 4.61. The molecule has 0 saturated heterocycles. The third-order valence-corrected chi connectivity index (χ3v) is 5.03. The summed E-state index contributed by atoms with van der Waals surface area (Å²) in [6.07, 6.45) is 2.16. The van der Waals surface area contributed by atoms with E-state index < -0.39 is 0 Å². The molecule has 4 nitrogen and oxygen atoms in total. The first-order chi connectivity index (χ1) is 12.1. The van der Waals surface area contributed by atoms with Gasteiger partial charge in [-0.2, -0.15) is 0 Å². The molecule has 2 aromatic carbocycles. The summed E-state index contributed by atoms with van der Waals surface area (Å²) in [5.41, 5.74) is 2.06. The number of amides is 1. The molecule has 1 aliphatic rings. The third-order valence-electron chi connectivity index (χ3n) is 4.41. The minimum atomic E-state index is -0.377. The van der Waals surface area contributed by atoms with Crippen molar-refractivity contribution in [3.63, 3.8) is 0 Å². The van der Waals surface area contributed by atoms with Crippen LogP contribution in [-0.4, -0.2) is 19.1 Å². The predicted molar refractivity (Wildman–Crippen MR) is 103 cm³/mol. The lowest BCUT2D eigenvalue weighted by atomic mass is 10.0. The van der Waals surface area contributed by atoms with Gasteiger partial charge in [-0.1, -0.05) is 36.4 Å². The zero-order chi connectivity index (χ0) is 17.8. The lowest BCUT2D eigenvalue weighted by Crippen LogP contribution is -2.39. The summed E-state index contributed by atoms with van der Waals surface area (Å²) >= 11 is 3.52. The van der Waals surface area contributed by atoms with Crippen LogP contribution in [0, 0.1) is 0 Å². The van der Waals surface area contributed by atoms with Gasteiger partial charge in [0.15, 0.2) is 0 Å². The summed E-state index contributed by atoms with van der Waals surface area (Å²) in [6.45, 7) is 2.06. The van der Waals surface area contributed by atoms with Crippen LogP contribution < -0.4 is 15.4 Å².